The number of fused-ring (bicyclic) bond motifs is 1. The second kappa shape index (κ2) is 7.45. The van der Waals surface area contributed by atoms with Crippen molar-refractivity contribution in [1.82, 2.24) is 20.2 Å². The van der Waals surface area contributed by atoms with Gasteiger partial charge in [-0.1, -0.05) is 6.92 Å². The largest absolute Gasteiger partial charge is 0.459 e. The molecule has 0 saturated carbocycles. The monoisotopic (exact) mass is 355 g/mol. The van der Waals surface area contributed by atoms with Crippen LogP contribution in [0.3, 0.4) is 0 Å². The van der Waals surface area contributed by atoms with Crippen LogP contribution in [-0.4, -0.2) is 60.0 Å². The number of carbonyl (C=O) groups is 1. The number of furan rings is 1. The molecule has 4 rings (SSSR count). The van der Waals surface area contributed by atoms with E-state index in [0.717, 1.165) is 57.1 Å². The molecule has 0 unspecified atom stereocenters. The Balaban J connectivity index is 1.53. The lowest BCUT2D eigenvalue weighted by Crippen LogP contribution is -2.49. The molecular weight excluding hydrogens is 330 g/mol. The summed E-state index contributed by atoms with van der Waals surface area (Å²) >= 11 is 0. The predicted molar refractivity (Wildman–Crippen MR) is 98.5 cm³/mol. The van der Waals surface area contributed by atoms with Crippen molar-refractivity contribution in [3.8, 4) is 0 Å². The first-order valence-electron chi connectivity index (χ1n) is 9.43. The van der Waals surface area contributed by atoms with Crippen LogP contribution in [0, 0.1) is 0 Å². The van der Waals surface area contributed by atoms with E-state index in [9.17, 15) is 4.79 Å². The maximum Gasteiger partial charge on any atom is 0.289 e. The lowest BCUT2D eigenvalue weighted by molar-refractivity contribution is 0.0714. The van der Waals surface area contributed by atoms with Gasteiger partial charge in [0.05, 0.1) is 12.0 Å². The molecule has 0 bridgehead atoms. The Kier molecular flexibility index (Phi) is 4.88. The zero-order chi connectivity index (χ0) is 17.9. The number of amides is 1. The topological polar surface area (TPSA) is 74.5 Å². The minimum absolute atomic E-state index is 0.0328. The number of rotatable bonds is 3. The molecule has 2 aromatic rings. The summed E-state index contributed by atoms with van der Waals surface area (Å²) in [5, 5.41) is 3.45. The summed E-state index contributed by atoms with van der Waals surface area (Å²) in [6.07, 6.45) is 4.29. The van der Waals surface area contributed by atoms with Gasteiger partial charge in [-0.05, 0) is 25.1 Å². The summed E-state index contributed by atoms with van der Waals surface area (Å²) in [5.74, 6) is 2.36. The summed E-state index contributed by atoms with van der Waals surface area (Å²) in [6, 6.07) is 3.47. The van der Waals surface area contributed by atoms with Crippen LogP contribution in [0.25, 0.3) is 0 Å². The third-order valence-electron chi connectivity index (χ3n) is 5.12. The van der Waals surface area contributed by atoms with Gasteiger partial charge in [-0.25, -0.2) is 9.97 Å². The summed E-state index contributed by atoms with van der Waals surface area (Å²) in [4.78, 5) is 26.3. The third-order valence-corrected chi connectivity index (χ3v) is 5.12. The zero-order valence-corrected chi connectivity index (χ0v) is 15.2. The zero-order valence-electron chi connectivity index (χ0n) is 15.2. The number of piperazine rings is 1. The Morgan fingerprint density at radius 3 is 2.73 bits per heavy atom. The van der Waals surface area contributed by atoms with Crippen LogP contribution in [0.5, 0.6) is 0 Å². The summed E-state index contributed by atoms with van der Waals surface area (Å²) in [5.41, 5.74) is 2.46. The lowest BCUT2D eigenvalue weighted by Gasteiger charge is -2.36. The minimum atomic E-state index is -0.0328. The molecule has 7 heteroatoms. The van der Waals surface area contributed by atoms with Gasteiger partial charge in [-0.2, -0.15) is 0 Å². The van der Waals surface area contributed by atoms with Crippen LogP contribution in [0.1, 0.15) is 34.6 Å². The highest BCUT2D eigenvalue weighted by molar-refractivity contribution is 5.91. The number of carbonyl (C=O) groups excluding carboxylic acids is 1. The third kappa shape index (κ3) is 3.31. The van der Waals surface area contributed by atoms with E-state index in [0.29, 0.717) is 18.8 Å². The highest BCUT2D eigenvalue weighted by Gasteiger charge is 2.27. The van der Waals surface area contributed by atoms with Gasteiger partial charge in [-0.15, -0.1) is 0 Å². The van der Waals surface area contributed by atoms with Crippen molar-refractivity contribution in [3.05, 3.63) is 41.2 Å². The van der Waals surface area contributed by atoms with Crippen molar-refractivity contribution in [2.24, 2.45) is 0 Å². The standard InChI is InChI=1S/C19H25N5O2/c1-2-17-21-15-6-8-20-7-5-14(15)18(22-17)23-9-11-24(12-10-23)19(25)16-4-3-13-26-16/h3-4,13,20H,2,5-12H2,1H3. The first-order valence-corrected chi connectivity index (χ1v) is 9.43. The van der Waals surface area contributed by atoms with Crippen molar-refractivity contribution >= 4 is 11.7 Å². The second-order valence-electron chi connectivity index (χ2n) is 6.75. The summed E-state index contributed by atoms with van der Waals surface area (Å²) in [6.45, 7) is 6.96. The fourth-order valence-corrected chi connectivity index (χ4v) is 3.67. The molecule has 138 valence electrons. The van der Waals surface area contributed by atoms with E-state index in [1.54, 1.807) is 18.4 Å². The maximum absolute atomic E-state index is 12.5. The molecule has 26 heavy (non-hydrogen) atoms. The highest BCUT2D eigenvalue weighted by atomic mass is 16.3. The molecule has 0 atom stereocenters. The Morgan fingerprint density at radius 1 is 1.19 bits per heavy atom. The molecule has 1 saturated heterocycles. The fourth-order valence-electron chi connectivity index (χ4n) is 3.67. The molecule has 4 heterocycles. The van der Waals surface area contributed by atoms with E-state index in [1.165, 1.54) is 11.3 Å². The quantitative estimate of drug-likeness (QED) is 0.894. The molecule has 0 aliphatic carbocycles. The second-order valence-corrected chi connectivity index (χ2v) is 6.75. The van der Waals surface area contributed by atoms with E-state index in [1.807, 2.05) is 4.90 Å². The molecule has 1 N–H and O–H groups in total. The van der Waals surface area contributed by atoms with Crippen LogP contribution in [-0.2, 0) is 19.3 Å². The molecular formula is C19H25N5O2. The lowest BCUT2D eigenvalue weighted by atomic mass is 10.1. The number of aromatic nitrogens is 2. The van der Waals surface area contributed by atoms with Crippen molar-refractivity contribution in [3.63, 3.8) is 0 Å². The molecule has 2 aromatic heterocycles. The van der Waals surface area contributed by atoms with Gasteiger partial charge < -0.3 is 19.5 Å². The molecule has 0 aromatic carbocycles. The van der Waals surface area contributed by atoms with Crippen molar-refractivity contribution in [2.75, 3.05) is 44.2 Å². The highest BCUT2D eigenvalue weighted by Crippen LogP contribution is 2.25. The smallest absolute Gasteiger partial charge is 0.289 e. The molecule has 0 radical (unpaired) electrons. The normalized spacial score (nSPS) is 17.7. The van der Waals surface area contributed by atoms with E-state index >= 15 is 0 Å². The van der Waals surface area contributed by atoms with Crippen molar-refractivity contribution in [1.29, 1.82) is 0 Å². The van der Waals surface area contributed by atoms with Crippen molar-refractivity contribution in [2.45, 2.75) is 26.2 Å². The number of nitrogens with zero attached hydrogens (tertiary/aromatic N) is 4. The Bertz CT molecular complexity index is 766. The average Bonchev–Trinajstić information content (AvgIpc) is 3.12. The predicted octanol–water partition coefficient (Wildman–Crippen LogP) is 1.28. The van der Waals surface area contributed by atoms with Gasteiger partial charge in [0.25, 0.3) is 5.91 Å². The molecule has 1 fully saturated rings. The minimum Gasteiger partial charge on any atom is -0.459 e. The number of nitrogens with one attached hydrogen (secondary N) is 1. The molecule has 1 amide bonds. The van der Waals surface area contributed by atoms with E-state index in [2.05, 4.69) is 17.1 Å². The van der Waals surface area contributed by atoms with E-state index < -0.39 is 0 Å². The van der Waals surface area contributed by atoms with Gasteiger partial charge in [0, 0.05) is 51.1 Å². The number of hydrogen-bond acceptors (Lipinski definition) is 6. The van der Waals surface area contributed by atoms with Crippen LogP contribution in [0.4, 0.5) is 5.82 Å². The molecule has 7 nitrogen and oxygen atoms in total. The maximum atomic E-state index is 12.5. The van der Waals surface area contributed by atoms with Gasteiger partial charge in [-0.3, -0.25) is 4.79 Å². The van der Waals surface area contributed by atoms with Crippen LogP contribution < -0.4 is 10.2 Å². The first-order chi connectivity index (χ1) is 12.8. The van der Waals surface area contributed by atoms with E-state index in [-0.39, 0.29) is 5.91 Å². The molecule has 0 spiro atoms. The molecule has 2 aliphatic rings. The number of hydrogen-bond donors (Lipinski definition) is 1. The first kappa shape index (κ1) is 17.0. The SMILES string of the molecule is CCc1nc2c(c(N3CCN(C(=O)c4ccco4)CC3)n1)CCNCC2. The van der Waals surface area contributed by atoms with Crippen LogP contribution in [0.2, 0.25) is 0 Å². The van der Waals surface area contributed by atoms with Gasteiger partial charge in [0.2, 0.25) is 0 Å². The van der Waals surface area contributed by atoms with Gasteiger partial charge in [0.1, 0.15) is 11.6 Å². The molecule has 2 aliphatic heterocycles. The number of anilines is 1. The van der Waals surface area contributed by atoms with Crippen LogP contribution >= 0.6 is 0 Å². The average molecular weight is 355 g/mol. The van der Waals surface area contributed by atoms with Gasteiger partial charge in [0.15, 0.2) is 5.76 Å². The summed E-state index contributed by atoms with van der Waals surface area (Å²) in [7, 11) is 0. The fraction of sp³-hybridized carbons (Fsp3) is 0.526. The van der Waals surface area contributed by atoms with Gasteiger partial charge >= 0.3 is 0 Å². The van der Waals surface area contributed by atoms with Crippen LogP contribution in [0.15, 0.2) is 22.8 Å². The Labute approximate surface area is 153 Å². The number of aryl methyl sites for hydroxylation is 1. The Morgan fingerprint density at radius 2 is 2.00 bits per heavy atom. The summed E-state index contributed by atoms with van der Waals surface area (Å²) < 4.78 is 5.25. The Hall–Kier alpha value is -2.41. The van der Waals surface area contributed by atoms with Crippen molar-refractivity contribution < 1.29 is 9.21 Å². The van der Waals surface area contributed by atoms with E-state index in [4.69, 9.17) is 14.4 Å².